The molecule has 0 aliphatic heterocycles. The van der Waals surface area contributed by atoms with Crippen LogP contribution in [0.2, 0.25) is 5.02 Å². The van der Waals surface area contributed by atoms with Crippen molar-refractivity contribution in [2.24, 2.45) is 0 Å². The number of carbonyl (C=O) groups excluding carboxylic acids is 2. The van der Waals surface area contributed by atoms with Crippen molar-refractivity contribution < 1.29 is 19.1 Å². The van der Waals surface area contributed by atoms with E-state index >= 15 is 0 Å². The number of pyridine rings is 1. The number of rotatable bonds is 5. The van der Waals surface area contributed by atoms with Gasteiger partial charge < -0.3 is 14.8 Å². The van der Waals surface area contributed by atoms with Crippen LogP contribution >= 0.6 is 11.6 Å². The van der Waals surface area contributed by atoms with Crippen LogP contribution in [-0.2, 0) is 9.53 Å². The van der Waals surface area contributed by atoms with Crippen molar-refractivity contribution in [3.63, 3.8) is 0 Å². The van der Waals surface area contributed by atoms with Gasteiger partial charge >= 0.3 is 5.97 Å². The number of carbonyl (C=O) groups is 2. The molecule has 2 rings (SSSR count). The molecule has 0 spiro atoms. The van der Waals surface area contributed by atoms with Gasteiger partial charge in [0, 0.05) is 6.20 Å². The van der Waals surface area contributed by atoms with Crippen molar-refractivity contribution in [3.05, 3.63) is 53.2 Å². The topological polar surface area (TPSA) is 77.5 Å². The van der Waals surface area contributed by atoms with Gasteiger partial charge in [0.1, 0.15) is 17.1 Å². The molecule has 1 aromatic carbocycles. The highest BCUT2D eigenvalue weighted by atomic mass is 35.5. The molecule has 120 valence electrons. The number of nitrogens with one attached hydrogen (secondary N) is 1. The van der Waals surface area contributed by atoms with E-state index in [1.54, 1.807) is 36.4 Å². The van der Waals surface area contributed by atoms with Crippen molar-refractivity contribution in [1.29, 1.82) is 0 Å². The molecule has 0 radical (unpaired) electrons. The van der Waals surface area contributed by atoms with Gasteiger partial charge in [-0.25, -0.2) is 9.78 Å². The maximum Gasteiger partial charge on any atom is 0.342 e. The first-order valence-electron chi connectivity index (χ1n) is 6.77. The second kappa shape index (κ2) is 7.60. The van der Waals surface area contributed by atoms with Gasteiger partial charge in [0.25, 0.3) is 5.91 Å². The van der Waals surface area contributed by atoms with Gasteiger partial charge in [-0.1, -0.05) is 23.7 Å². The third-order valence-electron chi connectivity index (χ3n) is 2.96. The molecule has 1 aromatic heterocycles. The van der Waals surface area contributed by atoms with E-state index in [0.29, 0.717) is 16.6 Å². The molecule has 1 heterocycles. The zero-order valence-electron chi connectivity index (χ0n) is 12.6. The predicted molar refractivity (Wildman–Crippen MR) is 85.7 cm³/mol. The average Bonchev–Trinajstić information content (AvgIpc) is 2.56. The molecule has 0 unspecified atom stereocenters. The molecule has 1 amide bonds. The number of nitrogens with zero attached hydrogens (tertiary/aromatic N) is 1. The summed E-state index contributed by atoms with van der Waals surface area (Å²) >= 11 is 5.72. The smallest absolute Gasteiger partial charge is 0.342 e. The average molecular weight is 335 g/mol. The minimum Gasteiger partial charge on any atom is -0.496 e. The van der Waals surface area contributed by atoms with Crippen molar-refractivity contribution in [2.75, 3.05) is 12.4 Å². The van der Waals surface area contributed by atoms with Crippen LogP contribution < -0.4 is 10.1 Å². The van der Waals surface area contributed by atoms with Crippen molar-refractivity contribution in [1.82, 2.24) is 4.98 Å². The molecule has 2 aromatic rings. The predicted octanol–water partition coefficient (Wildman–Crippen LogP) is 2.93. The Morgan fingerprint density at radius 1 is 1.22 bits per heavy atom. The Bertz CT molecular complexity index is 703. The lowest BCUT2D eigenvalue weighted by Gasteiger charge is -2.14. The number of amides is 1. The Labute approximate surface area is 138 Å². The normalized spacial score (nSPS) is 11.4. The SMILES string of the molecule is COc1ccccc1C(=O)O[C@H](C)C(=O)Nc1ccc(Cl)cn1. The van der Waals surface area contributed by atoms with Crippen LogP contribution in [0.4, 0.5) is 5.82 Å². The van der Waals surface area contributed by atoms with E-state index in [1.165, 1.54) is 20.2 Å². The summed E-state index contributed by atoms with van der Waals surface area (Å²) in [6.45, 7) is 1.47. The molecular weight excluding hydrogens is 320 g/mol. The molecule has 0 fully saturated rings. The first-order chi connectivity index (χ1) is 11.0. The van der Waals surface area contributed by atoms with E-state index in [2.05, 4.69) is 10.3 Å². The molecule has 7 heteroatoms. The number of benzene rings is 1. The van der Waals surface area contributed by atoms with E-state index in [4.69, 9.17) is 21.1 Å². The monoisotopic (exact) mass is 334 g/mol. The van der Waals surface area contributed by atoms with Crippen molar-refractivity contribution in [3.8, 4) is 5.75 Å². The van der Waals surface area contributed by atoms with Crippen LogP contribution in [0.3, 0.4) is 0 Å². The number of para-hydroxylation sites is 1. The number of aromatic nitrogens is 1. The molecule has 0 saturated heterocycles. The molecule has 0 aliphatic rings. The van der Waals surface area contributed by atoms with Crippen molar-refractivity contribution >= 4 is 29.3 Å². The highest BCUT2D eigenvalue weighted by molar-refractivity contribution is 6.30. The number of halogens is 1. The molecule has 0 aliphatic carbocycles. The number of hydrogen-bond donors (Lipinski definition) is 1. The first-order valence-corrected chi connectivity index (χ1v) is 7.15. The van der Waals surface area contributed by atoms with Crippen LogP contribution in [0.1, 0.15) is 17.3 Å². The lowest BCUT2D eigenvalue weighted by molar-refractivity contribution is -0.123. The molecule has 1 N–H and O–H groups in total. The summed E-state index contributed by atoms with van der Waals surface area (Å²) in [6, 6.07) is 9.76. The summed E-state index contributed by atoms with van der Waals surface area (Å²) < 4.78 is 10.2. The maximum absolute atomic E-state index is 12.1. The van der Waals surface area contributed by atoms with Crippen molar-refractivity contribution in [2.45, 2.75) is 13.0 Å². The van der Waals surface area contributed by atoms with Crippen LogP contribution in [0.5, 0.6) is 5.75 Å². The van der Waals surface area contributed by atoms with Crippen LogP contribution in [-0.4, -0.2) is 30.1 Å². The van der Waals surface area contributed by atoms with E-state index in [0.717, 1.165) is 0 Å². The number of hydrogen-bond acceptors (Lipinski definition) is 5. The van der Waals surface area contributed by atoms with Gasteiger partial charge in [-0.15, -0.1) is 0 Å². The second-order valence-electron chi connectivity index (χ2n) is 4.60. The number of anilines is 1. The highest BCUT2D eigenvalue weighted by Crippen LogP contribution is 2.19. The Hall–Kier alpha value is -2.60. The second-order valence-corrected chi connectivity index (χ2v) is 5.04. The fraction of sp³-hybridized carbons (Fsp3) is 0.188. The van der Waals surface area contributed by atoms with Gasteiger partial charge in [-0.2, -0.15) is 0 Å². The highest BCUT2D eigenvalue weighted by Gasteiger charge is 2.21. The van der Waals surface area contributed by atoms with Gasteiger partial charge in [0.05, 0.1) is 12.1 Å². The summed E-state index contributed by atoms with van der Waals surface area (Å²) in [5.41, 5.74) is 0.249. The number of esters is 1. The Kier molecular flexibility index (Phi) is 5.54. The standard InChI is InChI=1S/C16H15ClN2O4/c1-10(15(20)19-14-8-7-11(17)9-18-14)23-16(21)12-5-3-4-6-13(12)22-2/h3-10H,1-2H3,(H,18,19,20)/t10-/m1/s1. The number of methoxy groups -OCH3 is 1. The van der Waals surface area contributed by atoms with Gasteiger partial charge in [-0.3, -0.25) is 4.79 Å². The quantitative estimate of drug-likeness (QED) is 0.851. The zero-order chi connectivity index (χ0) is 16.8. The summed E-state index contributed by atoms with van der Waals surface area (Å²) in [7, 11) is 1.45. The summed E-state index contributed by atoms with van der Waals surface area (Å²) in [4.78, 5) is 28.1. The minimum absolute atomic E-state index is 0.249. The van der Waals surface area contributed by atoms with E-state index in [9.17, 15) is 9.59 Å². The lowest BCUT2D eigenvalue weighted by Crippen LogP contribution is -2.30. The molecule has 23 heavy (non-hydrogen) atoms. The fourth-order valence-corrected chi connectivity index (χ4v) is 1.88. The Morgan fingerprint density at radius 3 is 2.61 bits per heavy atom. The van der Waals surface area contributed by atoms with Crippen LogP contribution in [0.15, 0.2) is 42.6 Å². The Morgan fingerprint density at radius 2 is 1.96 bits per heavy atom. The van der Waals surface area contributed by atoms with E-state index < -0.39 is 18.0 Å². The molecule has 0 bridgehead atoms. The summed E-state index contributed by atoms with van der Waals surface area (Å²) in [5.74, 6) is -0.443. The van der Waals surface area contributed by atoms with E-state index in [1.807, 2.05) is 0 Å². The molecule has 6 nitrogen and oxygen atoms in total. The lowest BCUT2D eigenvalue weighted by atomic mass is 10.2. The summed E-state index contributed by atoms with van der Waals surface area (Å²) in [6.07, 6.45) is 0.410. The van der Waals surface area contributed by atoms with Gasteiger partial charge in [0.2, 0.25) is 0 Å². The third kappa shape index (κ3) is 4.43. The largest absolute Gasteiger partial charge is 0.496 e. The fourth-order valence-electron chi connectivity index (χ4n) is 1.77. The van der Waals surface area contributed by atoms with Crippen LogP contribution in [0.25, 0.3) is 0 Å². The molecule has 0 saturated carbocycles. The van der Waals surface area contributed by atoms with Gasteiger partial charge in [0.15, 0.2) is 6.10 Å². The minimum atomic E-state index is -0.995. The maximum atomic E-state index is 12.1. The Balaban J connectivity index is 2.00. The van der Waals surface area contributed by atoms with Gasteiger partial charge in [-0.05, 0) is 31.2 Å². The molecular formula is C16H15ClN2O4. The summed E-state index contributed by atoms with van der Waals surface area (Å²) in [5, 5.41) is 2.99. The molecule has 1 atom stereocenters. The number of ether oxygens (including phenoxy) is 2. The third-order valence-corrected chi connectivity index (χ3v) is 3.18. The zero-order valence-corrected chi connectivity index (χ0v) is 13.3. The van der Waals surface area contributed by atoms with Crippen LogP contribution in [0, 0.1) is 0 Å². The first kappa shape index (κ1) is 16.8. The van der Waals surface area contributed by atoms with E-state index in [-0.39, 0.29) is 5.56 Å².